The average Bonchev–Trinajstić information content (AvgIpc) is 1.94. The number of Topliss-reactive ketones (excluding diaryl/α,β-unsaturated/α-hetero) is 1. The first kappa shape index (κ1) is 8.68. The number of hydrogen-bond acceptors (Lipinski definition) is 3. The number of rotatable bonds is 1. The normalized spacial score (nSPS) is 33.7. The summed E-state index contributed by atoms with van der Waals surface area (Å²) < 4.78 is 0. The van der Waals surface area contributed by atoms with Gasteiger partial charge in [-0.1, -0.05) is 0 Å². The number of aliphatic hydroxyl groups is 1. The molecule has 64 valence electrons. The van der Waals surface area contributed by atoms with Gasteiger partial charge in [-0.15, -0.1) is 0 Å². The molecule has 0 aromatic rings. The van der Waals surface area contributed by atoms with Gasteiger partial charge in [0, 0.05) is 12.5 Å². The maximum atomic E-state index is 10.9. The van der Waals surface area contributed by atoms with Crippen molar-refractivity contribution >= 4 is 5.78 Å². The van der Waals surface area contributed by atoms with Crippen LogP contribution in [0.25, 0.3) is 0 Å². The quantitative estimate of drug-likeness (QED) is 0.592. The van der Waals surface area contributed by atoms with Gasteiger partial charge in [0.2, 0.25) is 0 Å². The zero-order valence-electron chi connectivity index (χ0n) is 7.08. The fourth-order valence-electron chi connectivity index (χ4n) is 1.43. The van der Waals surface area contributed by atoms with Crippen LogP contribution in [-0.4, -0.2) is 35.6 Å². The molecule has 3 heteroatoms. The summed E-state index contributed by atoms with van der Waals surface area (Å²) in [6.07, 6.45) is 1.08. The van der Waals surface area contributed by atoms with Crippen LogP contribution in [0.3, 0.4) is 0 Å². The van der Waals surface area contributed by atoms with Crippen molar-refractivity contribution in [1.29, 1.82) is 0 Å². The first-order chi connectivity index (χ1) is 5.11. The molecule has 0 radical (unpaired) electrons. The van der Waals surface area contributed by atoms with Gasteiger partial charge in [-0.05, 0) is 26.8 Å². The van der Waals surface area contributed by atoms with Crippen molar-refractivity contribution in [2.45, 2.75) is 26.0 Å². The lowest BCUT2D eigenvalue weighted by Gasteiger charge is -2.32. The van der Waals surface area contributed by atoms with Crippen LogP contribution < -0.4 is 0 Å². The first-order valence-electron chi connectivity index (χ1n) is 4.00. The molecule has 0 spiro atoms. The molecule has 1 heterocycles. The van der Waals surface area contributed by atoms with Crippen LogP contribution >= 0.6 is 0 Å². The molecule has 11 heavy (non-hydrogen) atoms. The Morgan fingerprint density at radius 3 is 2.73 bits per heavy atom. The number of piperidine rings is 1. The Hall–Kier alpha value is -0.410. The third-order valence-corrected chi connectivity index (χ3v) is 2.41. The largest absolute Gasteiger partial charge is 0.378 e. The molecule has 2 unspecified atom stereocenters. The summed E-state index contributed by atoms with van der Waals surface area (Å²) in [4.78, 5) is 12.8. The highest BCUT2D eigenvalue weighted by Gasteiger charge is 2.26. The predicted octanol–water partition coefficient (Wildman–Crippen LogP) is 0.236. The molecular weight excluding hydrogens is 142 g/mol. The van der Waals surface area contributed by atoms with Crippen LogP contribution in [0, 0.1) is 5.92 Å². The summed E-state index contributed by atoms with van der Waals surface area (Å²) in [5.74, 6) is 0.290. The van der Waals surface area contributed by atoms with Gasteiger partial charge in [-0.25, -0.2) is 0 Å². The minimum absolute atomic E-state index is 0.0844. The molecule has 1 aliphatic heterocycles. The van der Waals surface area contributed by atoms with E-state index < -0.39 is 6.23 Å². The van der Waals surface area contributed by atoms with Gasteiger partial charge in [0.15, 0.2) is 0 Å². The van der Waals surface area contributed by atoms with E-state index in [2.05, 4.69) is 0 Å². The first-order valence-corrected chi connectivity index (χ1v) is 4.00. The zero-order valence-corrected chi connectivity index (χ0v) is 7.08. The highest BCUT2D eigenvalue weighted by atomic mass is 16.3. The SMILES string of the molecule is CC(=O)C1CCN(C)C(O)C1. The lowest BCUT2D eigenvalue weighted by Crippen LogP contribution is -2.41. The Labute approximate surface area is 67.0 Å². The van der Waals surface area contributed by atoms with E-state index in [0.29, 0.717) is 6.42 Å². The number of ketones is 1. The molecule has 0 bridgehead atoms. The van der Waals surface area contributed by atoms with Crippen molar-refractivity contribution in [3.05, 3.63) is 0 Å². The van der Waals surface area contributed by atoms with Gasteiger partial charge in [-0.3, -0.25) is 9.69 Å². The topological polar surface area (TPSA) is 40.5 Å². The second-order valence-electron chi connectivity index (χ2n) is 3.29. The second kappa shape index (κ2) is 3.32. The van der Waals surface area contributed by atoms with Gasteiger partial charge in [0.05, 0.1) is 0 Å². The molecule has 3 nitrogen and oxygen atoms in total. The van der Waals surface area contributed by atoms with Crippen LogP contribution in [0.5, 0.6) is 0 Å². The summed E-state index contributed by atoms with van der Waals surface area (Å²) in [7, 11) is 1.88. The van der Waals surface area contributed by atoms with Gasteiger partial charge in [0.1, 0.15) is 12.0 Å². The van der Waals surface area contributed by atoms with Crippen LogP contribution in [0.15, 0.2) is 0 Å². The van der Waals surface area contributed by atoms with Gasteiger partial charge < -0.3 is 5.11 Å². The molecule has 1 aliphatic rings. The maximum absolute atomic E-state index is 10.9. The number of nitrogens with zero attached hydrogens (tertiary/aromatic N) is 1. The van der Waals surface area contributed by atoms with Crippen molar-refractivity contribution in [3.8, 4) is 0 Å². The van der Waals surface area contributed by atoms with Gasteiger partial charge >= 0.3 is 0 Å². The van der Waals surface area contributed by atoms with Crippen LogP contribution in [0.4, 0.5) is 0 Å². The smallest absolute Gasteiger partial charge is 0.133 e. The van der Waals surface area contributed by atoms with E-state index in [1.807, 2.05) is 11.9 Å². The van der Waals surface area contributed by atoms with Crippen LogP contribution in [0.1, 0.15) is 19.8 Å². The standard InChI is InChI=1S/C8H15NO2/c1-6(10)7-3-4-9(2)8(11)5-7/h7-8,11H,3-5H2,1-2H3. The van der Waals surface area contributed by atoms with Crippen LogP contribution in [0.2, 0.25) is 0 Å². The molecule has 1 rings (SSSR count). The molecule has 0 aliphatic carbocycles. The Balaban J connectivity index is 2.46. The fraction of sp³-hybridized carbons (Fsp3) is 0.875. The molecule has 2 atom stereocenters. The monoisotopic (exact) mass is 157 g/mol. The fourth-order valence-corrected chi connectivity index (χ4v) is 1.43. The highest BCUT2D eigenvalue weighted by molar-refractivity contribution is 5.78. The van der Waals surface area contributed by atoms with Crippen molar-refractivity contribution in [1.82, 2.24) is 4.90 Å². The molecule has 0 saturated carbocycles. The number of hydrogen-bond donors (Lipinski definition) is 1. The summed E-state index contributed by atoms with van der Waals surface area (Å²) in [6, 6.07) is 0. The molecule has 0 amide bonds. The summed E-state index contributed by atoms with van der Waals surface area (Å²) in [5, 5.41) is 9.37. The predicted molar refractivity (Wildman–Crippen MR) is 42.0 cm³/mol. The van der Waals surface area contributed by atoms with Gasteiger partial charge in [-0.2, -0.15) is 0 Å². The van der Waals surface area contributed by atoms with E-state index in [4.69, 9.17) is 0 Å². The third kappa shape index (κ3) is 2.01. The molecule has 1 fully saturated rings. The van der Waals surface area contributed by atoms with Gasteiger partial charge in [0.25, 0.3) is 0 Å². The molecule has 1 N–H and O–H groups in total. The molecule has 1 saturated heterocycles. The molecule has 0 aromatic heterocycles. The van der Waals surface area contributed by atoms with E-state index in [1.165, 1.54) is 0 Å². The lowest BCUT2D eigenvalue weighted by atomic mass is 9.92. The number of carbonyl (C=O) groups is 1. The average molecular weight is 157 g/mol. The number of carbonyl (C=O) groups excluding carboxylic acids is 1. The van der Waals surface area contributed by atoms with E-state index in [-0.39, 0.29) is 11.7 Å². The van der Waals surface area contributed by atoms with Crippen molar-refractivity contribution < 1.29 is 9.90 Å². The molecule has 0 aromatic carbocycles. The minimum atomic E-state index is -0.419. The molecular formula is C8H15NO2. The highest BCUT2D eigenvalue weighted by Crippen LogP contribution is 2.20. The number of likely N-dealkylation sites (tertiary alicyclic amines) is 1. The summed E-state index contributed by atoms with van der Waals surface area (Å²) in [6.45, 7) is 2.42. The number of aliphatic hydroxyl groups excluding tert-OH is 1. The zero-order chi connectivity index (χ0) is 8.43. The maximum Gasteiger partial charge on any atom is 0.133 e. The van der Waals surface area contributed by atoms with E-state index in [1.54, 1.807) is 6.92 Å². The van der Waals surface area contributed by atoms with Crippen LogP contribution in [-0.2, 0) is 4.79 Å². The van der Waals surface area contributed by atoms with Crippen molar-refractivity contribution in [2.24, 2.45) is 5.92 Å². The Kier molecular flexibility index (Phi) is 2.62. The van der Waals surface area contributed by atoms with E-state index in [9.17, 15) is 9.90 Å². The lowest BCUT2D eigenvalue weighted by molar-refractivity contribution is -0.125. The van der Waals surface area contributed by atoms with E-state index in [0.717, 1.165) is 13.0 Å². The Morgan fingerprint density at radius 1 is 1.64 bits per heavy atom. The Bertz CT molecular complexity index is 158. The van der Waals surface area contributed by atoms with Crippen molar-refractivity contribution in [2.75, 3.05) is 13.6 Å². The minimum Gasteiger partial charge on any atom is -0.378 e. The Morgan fingerprint density at radius 2 is 2.27 bits per heavy atom. The van der Waals surface area contributed by atoms with Crippen molar-refractivity contribution in [3.63, 3.8) is 0 Å². The van der Waals surface area contributed by atoms with E-state index >= 15 is 0 Å². The summed E-state index contributed by atoms with van der Waals surface area (Å²) >= 11 is 0. The summed E-state index contributed by atoms with van der Waals surface area (Å²) in [5.41, 5.74) is 0. The second-order valence-corrected chi connectivity index (χ2v) is 3.29. The third-order valence-electron chi connectivity index (χ3n) is 2.41.